The van der Waals surface area contributed by atoms with Crippen molar-refractivity contribution in [2.75, 3.05) is 42.6 Å². The molecule has 4 heteroatoms. The molecule has 2 atom stereocenters. The molecule has 0 radical (unpaired) electrons. The van der Waals surface area contributed by atoms with Crippen molar-refractivity contribution in [1.82, 2.24) is 10.2 Å². The molecule has 0 bridgehead atoms. The van der Waals surface area contributed by atoms with Gasteiger partial charge in [0.1, 0.15) is 0 Å². The minimum atomic E-state index is 0.822. The summed E-state index contributed by atoms with van der Waals surface area (Å²) >= 11 is 4.31. The summed E-state index contributed by atoms with van der Waals surface area (Å²) < 4.78 is 0. The Morgan fingerprint density at radius 1 is 1.07 bits per heavy atom. The van der Waals surface area contributed by atoms with Gasteiger partial charge in [0.15, 0.2) is 0 Å². The molecule has 0 amide bonds. The van der Waals surface area contributed by atoms with E-state index < -0.39 is 0 Å². The number of likely N-dealkylation sites (tertiary alicyclic amines) is 1. The van der Waals surface area contributed by atoms with E-state index >= 15 is 0 Å². The lowest BCUT2D eigenvalue weighted by Gasteiger charge is -2.26. The maximum Gasteiger partial charge on any atom is 0.0277 e. The molecular weight excluding hydrogens is 224 g/mol. The number of nitrogens with one attached hydrogen (secondary N) is 1. The minimum absolute atomic E-state index is 0.822. The molecule has 3 fully saturated rings. The highest BCUT2D eigenvalue weighted by Crippen LogP contribution is 2.29. The molecule has 3 aliphatic rings. The summed E-state index contributed by atoms with van der Waals surface area (Å²) in [6.07, 6.45) is 1.41. The van der Waals surface area contributed by atoms with Crippen LogP contribution in [-0.2, 0) is 0 Å². The maximum atomic E-state index is 3.65. The van der Waals surface area contributed by atoms with Crippen LogP contribution in [0.2, 0.25) is 0 Å². The zero-order valence-corrected chi connectivity index (χ0v) is 10.8. The zero-order valence-electron chi connectivity index (χ0n) is 9.15. The Labute approximate surface area is 101 Å². The molecule has 15 heavy (non-hydrogen) atoms. The average Bonchev–Trinajstić information content (AvgIpc) is 2.70. The van der Waals surface area contributed by atoms with E-state index in [1.807, 2.05) is 0 Å². The van der Waals surface area contributed by atoms with Gasteiger partial charge in [-0.2, -0.15) is 23.5 Å². The number of hydrogen-bond acceptors (Lipinski definition) is 4. The van der Waals surface area contributed by atoms with Gasteiger partial charge in [-0.3, -0.25) is 4.90 Å². The van der Waals surface area contributed by atoms with Crippen molar-refractivity contribution in [3.63, 3.8) is 0 Å². The van der Waals surface area contributed by atoms with E-state index in [2.05, 4.69) is 33.7 Å². The minimum Gasteiger partial charge on any atom is -0.312 e. The molecule has 3 heterocycles. The third kappa shape index (κ3) is 2.33. The molecule has 0 aromatic carbocycles. The third-order valence-electron chi connectivity index (χ3n) is 3.90. The lowest BCUT2D eigenvalue weighted by atomic mass is 10.1. The summed E-state index contributed by atoms with van der Waals surface area (Å²) in [5, 5.41) is 3.65. The van der Waals surface area contributed by atoms with Crippen LogP contribution in [0.25, 0.3) is 0 Å². The lowest BCUT2D eigenvalue weighted by molar-refractivity contribution is 0.264. The van der Waals surface area contributed by atoms with Crippen molar-refractivity contribution in [2.24, 2.45) is 5.92 Å². The first kappa shape index (κ1) is 10.8. The Balaban J connectivity index is 1.58. The summed E-state index contributed by atoms with van der Waals surface area (Å²) in [5.41, 5.74) is 0. The molecule has 1 N–H and O–H groups in total. The van der Waals surface area contributed by atoms with E-state index in [0.717, 1.165) is 18.0 Å². The molecule has 0 aromatic heterocycles. The molecular formula is C11H20N2S2. The second-order valence-corrected chi connectivity index (χ2v) is 7.17. The van der Waals surface area contributed by atoms with E-state index in [9.17, 15) is 0 Å². The zero-order chi connectivity index (χ0) is 10.1. The van der Waals surface area contributed by atoms with Gasteiger partial charge >= 0.3 is 0 Å². The van der Waals surface area contributed by atoms with Crippen LogP contribution in [0, 0.1) is 5.92 Å². The topological polar surface area (TPSA) is 15.3 Å². The smallest absolute Gasteiger partial charge is 0.0277 e. The molecule has 2 nitrogen and oxygen atoms in total. The van der Waals surface area contributed by atoms with Crippen LogP contribution >= 0.6 is 23.5 Å². The fourth-order valence-corrected chi connectivity index (χ4v) is 5.62. The van der Waals surface area contributed by atoms with Crippen LogP contribution in [0.1, 0.15) is 6.42 Å². The average molecular weight is 244 g/mol. The van der Waals surface area contributed by atoms with Gasteiger partial charge in [0.2, 0.25) is 0 Å². The molecule has 0 aromatic rings. The summed E-state index contributed by atoms with van der Waals surface area (Å²) in [7, 11) is 0. The Morgan fingerprint density at radius 3 is 2.60 bits per heavy atom. The Hall–Kier alpha value is 0.620. The highest BCUT2D eigenvalue weighted by Gasteiger charge is 2.38. The van der Waals surface area contributed by atoms with Gasteiger partial charge in [-0.25, -0.2) is 0 Å². The molecule has 86 valence electrons. The first-order chi connectivity index (χ1) is 7.43. The van der Waals surface area contributed by atoms with Crippen molar-refractivity contribution < 1.29 is 0 Å². The molecule has 0 saturated carbocycles. The molecule has 0 spiro atoms. The second-order valence-electron chi connectivity index (χ2n) is 4.87. The molecule has 0 aliphatic carbocycles. The van der Waals surface area contributed by atoms with Gasteiger partial charge in [0, 0.05) is 48.2 Å². The SMILES string of the molecule is C1C[C@H]2CN(C3CSCCSC3)C[C@H]2N1. The first-order valence-corrected chi connectivity index (χ1v) is 8.37. The van der Waals surface area contributed by atoms with Crippen LogP contribution in [0.15, 0.2) is 0 Å². The number of nitrogens with zero attached hydrogens (tertiary/aromatic N) is 1. The van der Waals surface area contributed by atoms with Crippen molar-refractivity contribution in [1.29, 1.82) is 0 Å². The molecule has 3 rings (SSSR count). The highest BCUT2D eigenvalue weighted by atomic mass is 32.2. The molecule has 0 unspecified atom stereocenters. The Bertz CT molecular complexity index is 205. The van der Waals surface area contributed by atoms with Crippen LogP contribution in [0.5, 0.6) is 0 Å². The quantitative estimate of drug-likeness (QED) is 0.743. The van der Waals surface area contributed by atoms with Crippen LogP contribution in [0.3, 0.4) is 0 Å². The van der Waals surface area contributed by atoms with E-state index in [0.29, 0.717) is 0 Å². The van der Waals surface area contributed by atoms with Crippen molar-refractivity contribution in [3.05, 3.63) is 0 Å². The van der Waals surface area contributed by atoms with Crippen molar-refractivity contribution in [3.8, 4) is 0 Å². The first-order valence-electron chi connectivity index (χ1n) is 6.06. The number of rotatable bonds is 1. The van der Waals surface area contributed by atoms with E-state index in [1.165, 1.54) is 49.1 Å². The number of thioether (sulfide) groups is 2. The van der Waals surface area contributed by atoms with E-state index in [1.54, 1.807) is 0 Å². The largest absolute Gasteiger partial charge is 0.312 e. The van der Waals surface area contributed by atoms with Crippen LogP contribution in [-0.4, -0.2) is 59.6 Å². The summed E-state index contributed by atoms with van der Waals surface area (Å²) in [4.78, 5) is 2.76. The predicted molar refractivity (Wildman–Crippen MR) is 69.9 cm³/mol. The maximum absolute atomic E-state index is 3.65. The van der Waals surface area contributed by atoms with Gasteiger partial charge in [-0.1, -0.05) is 0 Å². The second kappa shape index (κ2) is 4.86. The normalized spacial score (nSPS) is 39.2. The highest BCUT2D eigenvalue weighted by molar-refractivity contribution is 8.03. The molecule has 3 saturated heterocycles. The summed E-state index contributed by atoms with van der Waals surface area (Å²) in [6, 6.07) is 1.68. The van der Waals surface area contributed by atoms with Gasteiger partial charge in [0.25, 0.3) is 0 Å². The van der Waals surface area contributed by atoms with Gasteiger partial charge in [0.05, 0.1) is 0 Å². The standard InChI is InChI=1S/C11H20N2S2/c1-2-12-11-6-13(5-9(1)11)10-7-14-3-4-15-8-10/h9-12H,1-8H2/t9-,11+/m0/s1. The van der Waals surface area contributed by atoms with Crippen LogP contribution in [0.4, 0.5) is 0 Å². The summed E-state index contributed by atoms with van der Waals surface area (Å²) in [6.45, 7) is 3.94. The third-order valence-corrected chi connectivity index (χ3v) is 6.38. The summed E-state index contributed by atoms with van der Waals surface area (Å²) in [5.74, 6) is 6.42. The molecule has 3 aliphatic heterocycles. The van der Waals surface area contributed by atoms with Gasteiger partial charge in [-0.15, -0.1) is 0 Å². The predicted octanol–water partition coefficient (Wildman–Crippen LogP) is 1.13. The van der Waals surface area contributed by atoms with Gasteiger partial charge < -0.3 is 5.32 Å². The van der Waals surface area contributed by atoms with Gasteiger partial charge in [-0.05, 0) is 18.9 Å². The van der Waals surface area contributed by atoms with E-state index in [4.69, 9.17) is 0 Å². The van der Waals surface area contributed by atoms with Crippen LogP contribution < -0.4 is 5.32 Å². The number of hydrogen-bond donors (Lipinski definition) is 1. The lowest BCUT2D eigenvalue weighted by Crippen LogP contribution is -2.39. The Kier molecular flexibility index (Phi) is 3.49. The Morgan fingerprint density at radius 2 is 1.87 bits per heavy atom. The monoisotopic (exact) mass is 244 g/mol. The number of fused-ring (bicyclic) bond motifs is 1. The van der Waals surface area contributed by atoms with Crippen molar-refractivity contribution in [2.45, 2.75) is 18.5 Å². The fraction of sp³-hybridized carbons (Fsp3) is 1.00. The fourth-order valence-electron chi connectivity index (χ4n) is 3.00. The van der Waals surface area contributed by atoms with E-state index in [-0.39, 0.29) is 0 Å². The van der Waals surface area contributed by atoms with Crippen molar-refractivity contribution >= 4 is 23.5 Å².